The second-order valence-electron chi connectivity index (χ2n) is 5.46. The van der Waals surface area contributed by atoms with E-state index >= 15 is 0 Å². The number of aliphatic hydroxyl groups excluding tert-OH is 1. The molecular weight excluding hydrogens is 204 g/mol. The van der Waals surface area contributed by atoms with E-state index in [1.165, 1.54) is 18.9 Å². The number of aliphatic hydroxyl groups is 1. The number of rotatable bonds is 6. The Labute approximate surface area is 95.2 Å². The fourth-order valence-corrected chi connectivity index (χ4v) is 4.85. The van der Waals surface area contributed by atoms with E-state index in [0.29, 0.717) is 18.6 Å². The molecule has 2 nitrogen and oxygen atoms in total. The average molecular weight is 230 g/mol. The van der Waals surface area contributed by atoms with Crippen LogP contribution in [-0.2, 0) is 4.43 Å². The zero-order valence-corrected chi connectivity index (χ0v) is 11.5. The van der Waals surface area contributed by atoms with Gasteiger partial charge in [-0.2, -0.15) is 0 Å². The first kappa shape index (κ1) is 13.2. The van der Waals surface area contributed by atoms with E-state index in [1.54, 1.807) is 0 Å². The van der Waals surface area contributed by atoms with Gasteiger partial charge in [0.1, 0.15) is 0 Å². The molecule has 1 N–H and O–H groups in total. The molecule has 0 spiro atoms. The maximum Gasteiger partial charge on any atom is 0.187 e. The molecule has 0 heterocycles. The molecule has 0 aromatic rings. The van der Waals surface area contributed by atoms with Crippen molar-refractivity contribution >= 4 is 8.32 Å². The van der Waals surface area contributed by atoms with Crippen molar-refractivity contribution < 1.29 is 9.53 Å². The fourth-order valence-electron chi connectivity index (χ4n) is 2.41. The van der Waals surface area contributed by atoms with Gasteiger partial charge in [-0.15, -0.1) is 0 Å². The summed E-state index contributed by atoms with van der Waals surface area (Å²) < 4.78 is 6.26. The lowest BCUT2D eigenvalue weighted by Gasteiger charge is -2.27. The first-order valence-electron chi connectivity index (χ1n) is 6.36. The van der Waals surface area contributed by atoms with Crippen LogP contribution in [0.3, 0.4) is 0 Å². The highest BCUT2D eigenvalue weighted by molar-refractivity contribution is 6.71. The molecule has 0 aromatic carbocycles. The minimum Gasteiger partial charge on any atom is -0.414 e. The van der Waals surface area contributed by atoms with Gasteiger partial charge in [-0.1, -0.05) is 19.8 Å². The predicted octanol–water partition coefficient (Wildman–Crippen LogP) is 3.17. The quantitative estimate of drug-likeness (QED) is 0.710. The van der Waals surface area contributed by atoms with Gasteiger partial charge in [-0.05, 0) is 44.3 Å². The fraction of sp³-hybridized carbons (Fsp3) is 1.00. The van der Waals surface area contributed by atoms with Gasteiger partial charge in [-0.25, -0.2) is 0 Å². The molecule has 0 bridgehead atoms. The second kappa shape index (κ2) is 6.02. The Morgan fingerprint density at radius 3 is 2.60 bits per heavy atom. The topological polar surface area (TPSA) is 29.5 Å². The van der Waals surface area contributed by atoms with Gasteiger partial charge < -0.3 is 9.53 Å². The Morgan fingerprint density at radius 1 is 1.33 bits per heavy atom. The molecule has 1 rings (SSSR count). The first-order valence-corrected chi connectivity index (χ1v) is 9.47. The Morgan fingerprint density at radius 2 is 2.07 bits per heavy atom. The highest BCUT2D eigenvalue weighted by Gasteiger charge is 2.31. The molecule has 1 aliphatic rings. The minimum absolute atomic E-state index is 0.344. The summed E-state index contributed by atoms with van der Waals surface area (Å²) in [6, 6.07) is 1.28. The lowest BCUT2D eigenvalue weighted by atomic mass is 10.1. The van der Waals surface area contributed by atoms with E-state index in [-0.39, 0.29) is 0 Å². The minimum atomic E-state index is -1.41. The van der Waals surface area contributed by atoms with Gasteiger partial charge in [-0.3, -0.25) is 0 Å². The van der Waals surface area contributed by atoms with Crippen molar-refractivity contribution in [1.29, 1.82) is 0 Å². The SMILES string of the molecule is CCCC[Si](C)(C)OC1CC[C@H](CO)C1. The van der Waals surface area contributed by atoms with Crippen molar-refractivity contribution in [3.05, 3.63) is 0 Å². The molecule has 1 unspecified atom stereocenters. The summed E-state index contributed by atoms with van der Waals surface area (Å²) in [5.41, 5.74) is 0. The standard InChI is InChI=1S/C12H26O2Si/c1-4-5-8-15(2,3)14-12-7-6-11(9-12)10-13/h11-13H,4-10H2,1-3H3/t11-,12?/m0/s1. The van der Waals surface area contributed by atoms with Gasteiger partial charge in [0, 0.05) is 12.7 Å². The number of unbranched alkanes of at least 4 members (excludes halogenated alkanes) is 1. The largest absolute Gasteiger partial charge is 0.414 e. The molecule has 0 aromatic heterocycles. The van der Waals surface area contributed by atoms with Crippen LogP contribution in [-0.4, -0.2) is 26.1 Å². The van der Waals surface area contributed by atoms with Crippen LogP contribution >= 0.6 is 0 Å². The highest BCUT2D eigenvalue weighted by atomic mass is 28.4. The Balaban J connectivity index is 2.28. The molecule has 1 fully saturated rings. The molecule has 0 radical (unpaired) electrons. The van der Waals surface area contributed by atoms with Crippen LogP contribution in [0.1, 0.15) is 39.0 Å². The second-order valence-corrected chi connectivity index (χ2v) is 9.72. The molecule has 2 atom stereocenters. The molecule has 90 valence electrons. The summed E-state index contributed by atoms with van der Waals surface area (Å²) in [6.07, 6.45) is 6.41. The van der Waals surface area contributed by atoms with Gasteiger partial charge in [0.05, 0.1) is 0 Å². The van der Waals surface area contributed by atoms with Crippen LogP contribution in [0.5, 0.6) is 0 Å². The normalized spacial score (nSPS) is 27.2. The summed E-state index contributed by atoms with van der Waals surface area (Å²) >= 11 is 0. The third-order valence-electron chi connectivity index (χ3n) is 3.37. The van der Waals surface area contributed by atoms with E-state index in [1.807, 2.05) is 0 Å². The maximum atomic E-state index is 9.08. The van der Waals surface area contributed by atoms with Crippen LogP contribution in [0, 0.1) is 5.92 Å². The first-order chi connectivity index (χ1) is 7.07. The molecule has 0 saturated heterocycles. The lowest BCUT2D eigenvalue weighted by Crippen LogP contribution is -2.34. The number of hydrogen-bond acceptors (Lipinski definition) is 2. The summed E-state index contributed by atoms with van der Waals surface area (Å²) in [5.74, 6) is 0.506. The smallest absolute Gasteiger partial charge is 0.187 e. The summed E-state index contributed by atoms with van der Waals surface area (Å²) in [6.45, 7) is 7.24. The Kier molecular flexibility index (Phi) is 5.30. The van der Waals surface area contributed by atoms with Gasteiger partial charge in [0.25, 0.3) is 0 Å². The van der Waals surface area contributed by atoms with Crippen LogP contribution in [0.2, 0.25) is 19.1 Å². The monoisotopic (exact) mass is 230 g/mol. The van der Waals surface area contributed by atoms with E-state index in [0.717, 1.165) is 19.3 Å². The third kappa shape index (κ3) is 4.66. The highest BCUT2D eigenvalue weighted by Crippen LogP contribution is 2.30. The maximum absolute atomic E-state index is 9.08. The Bertz CT molecular complexity index is 182. The van der Waals surface area contributed by atoms with Crippen LogP contribution in [0.15, 0.2) is 0 Å². The molecular formula is C12H26O2Si. The molecule has 3 heteroatoms. The summed E-state index contributed by atoms with van der Waals surface area (Å²) in [7, 11) is -1.41. The molecule has 0 amide bonds. The van der Waals surface area contributed by atoms with Gasteiger partial charge in [0.15, 0.2) is 8.32 Å². The van der Waals surface area contributed by atoms with Crippen molar-refractivity contribution in [3.63, 3.8) is 0 Å². The van der Waals surface area contributed by atoms with Crippen LogP contribution in [0.25, 0.3) is 0 Å². The van der Waals surface area contributed by atoms with E-state index in [4.69, 9.17) is 9.53 Å². The summed E-state index contributed by atoms with van der Waals surface area (Å²) in [5, 5.41) is 9.08. The van der Waals surface area contributed by atoms with Crippen molar-refractivity contribution in [3.8, 4) is 0 Å². The lowest BCUT2D eigenvalue weighted by molar-refractivity contribution is 0.175. The number of hydrogen-bond donors (Lipinski definition) is 1. The summed E-state index contributed by atoms with van der Waals surface area (Å²) in [4.78, 5) is 0. The molecule has 1 saturated carbocycles. The third-order valence-corrected chi connectivity index (χ3v) is 5.90. The van der Waals surface area contributed by atoms with E-state index in [2.05, 4.69) is 20.0 Å². The zero-order valence-electron chi connectivity index (χ0n) is 10.5. The van der Waals surface area contributed by atoms with Gasteiger partial charge >= 0.3 is 0 Å². The van der Waals surface area contributed by atoms with Gasteiger partial charge in [0.2, 0.25) is 0 Å². The van der Waals surface area contributed by atoms with Crippen LogP contribution < -0.4 is 0 Å². The Hall–Kier alpha value is 0.137. The average Bonchev–Trinajstić information content (AvgIpc) is 2.62. The molecule has 1 aliphatic carbocycles. The zero-order chi connectivity index (χ0) is 11.3. The van der Waals surface area contributed by atoms with Crippen molar-refractivity contribution in [2.45, 2.75) is 64.3 Å². The van der Waals surface area contributed by atoms with Crippen molar-refractivity contribution in [2.24, 2.45) is 5.92 Å². The molecule has 0 aliphatic heterocycles. The van der Waals surface area contributed by atoms with E-state index < -0.39 is 8.32 Å². The van der Waals surface area contributed by atoms with Crippen LogP contribution in [0.4, 0.5) is 0 Å². The van der Waals surface area contributed by atoms with E-state index in [9.17, 15) is 0 Å². The van der Waals surface area contributed by atoms with Crippen molar-refractivity contribution in [1.82, 2.24) is 0 Å². The van der Waals surface area contributed by atoms with Crippen molar-refractivity contribution in [2.75, 3.05) is 6.61 Å². The predicted molar refractivity (Wildman–Crippen MR) is 66.5 cm³/mol. The molecule has 15 heavy (non-hydrogen) atoms.